The Morgan fingerprint density at radius 2 is 1.21 bits per heavy atom. The number of hydrogen-bond donors (Lipinski definition) is 0. The zero-order valence-electron chi connectivity index (χ0n) is 30.4. The molecule has 0 bridgehead atoms. The number of hydrogen-bond acceptors (Lipinski definition) is 16. The van der Waals surface area contributed by atoms with Crippen molar-refractivity contribution in [1.29, 1.82) is 0 Å². The Hall–Kier alpha value is -6.56. The molecule has 0 radical (unpaired) electrons. The van der Waals surface area contributed by atoms with E-state index in [1.807, 2.05) is 30.3 Å². The molecule has 0 aliphatic carbocycles. The van der Waals surface area contributed by atoms with E-state index in [2.05, 4.69) is 54.0 Å². The van der Waals surface area contributed by atoms with Gasteiger partial charge in [-0.2, -0.15) is 0 Å². The van der Waals surface area contributed by atoms with Gasteiger partial charge in [0, 0.05) is 31.7 Å². The van der Waals surface area contributed by atoms with Gasteiger partial charge in [0.15, 0.2) is 6.29 Å². The average molecular weight is 783 g/mol. The second kappa shape index (κ2) is 18.7. The van der Waals surface area contributed by atoms with Gasteiger partial charge in [-0.15, -0.1) is 20.2 Å². The van der Waals surface area contributed by atoms with Crippen LogP contribution in [0.5, 0.6) is 0 Å². The van der Waals surface area contributed by atoms with Gasteiger partial charge in [-0.1, -0.05) is 53.9 Å². The molecule has 24 heteroatoms. The Balaban J connectivity index is 1.03. The molecular weight excluding hydrogens is 740 g/mol. The molecule has 0 N–H and O–H groups in total. The highest BCUT2D eigenvalue weighted by molar-refractivity contribution is 5.68. The fraction of sp³-hybridized carbons (Fsp3) is 0.500. The average Bonchev–Trinajstić information content (AvgIpc) is 3.89. The van der Waals surface area contributed by atoms with E-state index in [0.717, 1.165) is 18.1 Å². The van der Waals surface area contributed by atoms with Crippen LogP contribution in [0, 0.1) is 15.8 Å². The number of hydrazine groups is 2. The quantitative estimate of drug-likeness (QED) is 0.0922. The van der Waals surface area contributed by atoms with Gasteiger partial charge in [-0.3, -0.25) is 9.36 Å². The molecule has 300 valence electrons. The number of ether oxygens (including phenoxy) is 4. The van der Waals surface area contributed by atoms with Gasteiger partial charge in [-0.25, -0.2) is 9.59 Å². The van der Waals surface area contributed by atoms with Crippen molar-refractivity contribution < 1.29 is 48.2 Å². The molecule has 0 atom stereocenters. The van der Waals surface area contributed by atoms with Gasteiger partial charge >= 0.3 is 12.2 Å². The van der Waals surface area contributed by atoms with E-state index in [1.54, 1.807) is 21.8 Å². The molecule has 0 unspecified atom stereocenters. The lowest BCUT2D eigenvalue weighted by molar-refractivity contribution is -0.710. The van der Waals surface area contributed by atoms with Gasteiger partial charge in [0.2, 0.25) is 10.6 Å². The monoisotopic (exact) mass is 782 g/mol. The van der Waals surface area contributed by atoms with Gasteiger partial charge in [-0.05, 0) is 0 Å². The molecule has 6 rings (SSSR count). The number of carbonyl (C=O) groups excluding carboxylic acids is 2. The fourth-order valence-electron chi connectivity index (χ4n) is 6.08. The van der Waals surface area contributed by atoms with Gasteiger partial charge < -0.3 is 48.8 Å². The molecule has 2 aromatic heterocycles. The van der Waals surface area contributed by atoms with Crippen LogP contribution in [0.25, 0.3) is 0 Å². The summed E-state index contributed by atoms with van der Waals surface area (Å²) in [6.07, 6.45) is 3.74. The summed E-state index contributed by atoms with van der Waals surface area (Å²) in [5.74, 6) is 0. The second-order valence-corrected chi connectivity index (χ2v) is 12.9. The number of aromatic nitrogens is 6. The van der Waals surface area contributed by atoms with Crippen molar-refractivity contribution in [2.75, 3.05) is 65.6 Å². The van der Waals surface area contributed by atoms with E-state index in [4.69, 9.17) is 18.9 Å². The molecule has 56 heavy (non-hydrogen) atoms. The summed E-state index contributed by atoms with van der Waals surface area (Å²) < 4.78 is 26.7. The minimum atomic E-state index is -0.690. The van der Waals surface area contributed by atoms with Crippen LogP contribution in [0.4, 0.5) is 9.59 Å². The zero-order valence-corrected chi connectivity index (χ0v) is 30.4. The van der Waals surface area contributed by atoms with Crippen LogP contribution in [-0.2, 0) is 54.9 Å². The molecule has 5 heterocycles. The molecule has 1 aromatic carbocycles. The third-order valence-electron chi connectivity index (χ3n) is 8.90. The lowest BCUT2D eigenvalue weighted by Crippen LogP contribution is -2.50. The standard InChI is InChI=1S/C32H42N14O10/c1-3-55-37-45(49)43-14-10-39(11-15-43)30(47)51-20-27-18-41(35-33-27)22-32(24-53-29(54-25-32)26-8-6-5-7-9-26)23-42-19-28(34-36-42)21-52-31(48)40-12-16-44(17-13-40)46(50)38-56-4-2/h3-9,18-19,29H,1-2,10-17,20-25H2/b45-37-,46-38-. The highest BCUT2D eigenvalue weighted by Gasteiger charge is 2.40. The van der Waals surface area contributed by atoms with Crippen LogP contribution in [-0.4, -0.2) is 138 Å². The summed E-state index contributed by atoms with van der Waals surface area (Å²) in [5, 5.41) is 50.2. The first kappa shape index (κ1) is 39.1. The predicted octanol–water partition coefficient (Wildman–Crippen LogP) is 1.72. The maximum absolute atomic E-state index is 12.8. The van der Waals surface area contributed by atoms with Crippen LogP contribution in [0.3, 0.4) is 0 Å². The van der Waals surface area contributed by atoms with E-state index in [1.165, 1.54) is 19.8 Å². The normalized spacial score (nSPS) is 20.7. The summed E-state index contributed by atoms with van der Waals surface area (Å²) >= 11 is 0. The molecule has 3 saturated heterocycles. The summed E-state index contributed by atoms with van der Waals surface area (Å²) in [7, 11) is 0. The van der Waals surface area contributed by atoms with Crippen molar-refractivity contribution in [2.24, 2.45) is 16.0 Å². The Labute approximate surface area is 319 Å². The highest BCUT2D eigenvalue weighted by atomic mass is 16.7. The summed E-state index contributed by atoms with van der Waals surface area (Å²) in [4.78, 5) is 38.2. The van der Waals surface area contributed by atoms with Crippen molar-refractivity contribution >= 4 is 12.2 Å². The smallest absolute Gasteiger partial charge is 0.410 e. The van der Waals surface area contributed by atoms with E-state index < -0.39 is 23.9 Å². The first-order chi connectivity index (χ1) is 27.2. The number of benzene rings is 1. The van der Waals surface area contributed by atoms with Crippen LogP contribution >= 0.6 is 0 Å². The van der Waals surface area contributed by atoms with Crippen LogP contribution < -0.4 is 0 Å². The number of nitrogens with zero attached hydrogens (tertiary/aromatic N) is 14. The SMILES string of the molecule is C=CO/N=[N+](\[O-])N1CCN(C(=O)OCc2cn(CC3(Cn4cc(COC(=O)N5CCN(/[N+]([O-])=N/OC=C)CC5)nn4)COC(c4ccccc4)OC3)nn2)CC1. The van der Waals surface area contributed by atoms with E-state index in [9.17, 15) is 20.0 Å². The van der Waals surface area contributed by atoms with E-state index in [-0.39, 0.29) is 78.8 Å². The number of rotatable bonds is 15. The summed E-state index contributed by atoms with van der Waals surface area (Å²) in [5.41, 5.74) is 1.03. The number of carbonyl (C=O) groups is 2. The summed E-state index contributed by atoms with van der Waals surface area (Å²) in [6.45, 7) is 9.48. The Morgan fingerprint density at radius 3 is 1.64 bits per heavy atom. The van der Waals surface area contributed by atoms with Crippen molar-refractivity contribution in [3.63, 3.8) is 0 Å². The van der Waals surface area contributed by atoms with E-state index in [0.29, 0.717) is 34.4 Å². The largest absolute Gasteiger partial charge is 0.569 e. The first-order valence-electron chi connectivity index (χ1n) is 17.5. The van der Waals surface area contributed by atoms with Crippen molar-refractivity contribution in [2.45, 2.75) is 32.6 Å². The highest BCUT2D eigenvalue weighted by Crippen LogP contribution is 2.34. The molecule has 24 nitrogen and oxygen atoms in total. The van der Waals surface area contributed by atoms with Gasteiger partial charge in [0.1, 0.15) is 37.1 Å². The predicted molar refractivity (Wildman–Crippen MR) is 185 cm³/mol. The molecule has 3 aromatic rings. The third-order valence-corrected chi connectivity index (χ3v) is 8.90. The van der Waals surface area contributed by atoms with Crippen molar-refractivity contribution in [3.05, 3.63) is 95.8 Å². The number of piperazine rings is 2. The lowest BCUT2D eigenvalue weighted by atomic mass is 9.88. The zero-order chi connectivity index (χ0) is 39.3. The molecule has 0 saturated carbocycles. The Morgan fingerprint density at radius 1 is 0.768 bits per heavy atom. The molecular formula is C32H42N14O10. The molecule has 3 aliphatic heterocycles. The van der Waals surface area contributed by atoms with Crippen LogP contribution in [0.1, 0.15) is 23.2 Å². The maximum Gasteiger partial charge on any atom is 0.410 e. The third kappa shape index (κ3) is 10.3. The topological polar surface area (TPSA) is 241 Å². The minimum Gasteiger partial charge on any atom is -0.569 e. The number of amides is 2. The molecule has 2 amide bonds. The van der Waals surface area contributed by atoms with Gasteiger partial charge in [0.05, 0.1) is 80.2 Å². The summed E-state index contributed by atoms with van der Waals surface area (Å²) in [6, 6.07) is 9.58. The molecule has 3 fully saturated rings. The maximum atomic E-state index is 12.8. The molecule has 0 spiro atoms. The Kier molecular flexibility index (Phi) is 13.0. The minimum absolute atomic E-state index is 0.121. The van der Waals surface area contributed by atoms with Crippen LogP contribution in [0.2, 0.25) is 0 Å². The van der Waals surface area contributed by atoms with Crippen molar-refractivity contribution in [1.82, 2.24) is 49.8 Å². The van der Waals surface area contributed by atoms with E-state index >= 15 is 0 Å². The first-order valence-corrected chi connectivity index (χ1v) is 17.5. The fourth-order valence-corrected chi connectivity index (χ4v) is 6.08. The van der Waals surface area contributed by atoms with Crippen molar-refractivity contribution in [3.8, 4) is 0 Å². The van der Waals surface area contributed by atoms with Gasteiger partial charge in [0.25, 0.3) is 0 Å². The van der Waals surface area contributed by atoms with Crippen LogP contribution in [0.15, 0.2) is 79.0 Å². The molecule has 3 aliphatic rings. The Bertz CT molecular complexity index is 1730. The second-order valence-electron chi connectivity index (χ2n) is 12.9. The lowest BCUT2D eigenvalue weighted by Gasteiger charge is -2.39.